The summed E-state index contributed by atoms with van der Waals surface area (Å²) in [5.41, 5.74) is 1.90. The Hall–Kier alpha value is -3.75. The molecule has 4 heterocycles. The highest BCUT2D eigenvalue weighted by Gasteiger charge is 2.29. The summed E-state index contributed by atoms with van der Waals surface area (Å²) in [6.07, 6.45) is 6.97. The Morgan fingerprint density at radius 1 is 1.34 bits per heavy atom. The topological polar surface area (TPSA) is 112 Å². The van der Waals surface area contributed by atoms with E-state index in [1.54, 1.807) is 29.3 Å². The number of hydrogen-bond donors (Lipinski definition) is 1. The van der Waals surface area contributed by atoms with Crippen molar-refractivity contribution in [3.63, 3.8) is 0 Å². The van der Waals surface area contributed by atoms with Crippen LogP contribution in [0.5, 0.6) is 0 Å². The fourth-order valence-corrected chi connectivity index (χ4v) is 3.07. The summed E-state index contributed by atoms with van der Waals surface area (Å²) >= 11 is 0. The maximum atomic E-state index is 12.5. The van der Waals surface area contributed by atoms with E-state index in [2.05, 4.69) is 25.5 Å². The van der Waals surface area contributed by atoms with Crippen LogP contribution in [0.25, 0.3) is 17.3 Å². The Morgan fingerprint density at radius 3 is 3.03 bits per heavy atom. The third-order valence-corrected chi connectivity index (χ3v) is 4.85. The Bertz CT molecular complexity index is 1160. The zero-order valence-corrected chi connectivity index (χ0v) is 15.7. The van der Waals surface area contributed by atoms with Crippen LogP contribution < -0.4 is 5.32 Å². The van der Waals surface area contributed by atoms with Crippen LogP contribution in [0, 0.1) is 6.92 Å². The first-order valence-electron chi connectivity index (χ1n) is 9.34. The number of nitrogens with one attached hydrogen (secondary N) is 1. The highest BCUT2D eigenvalue weighted by molar-refractivity contribution is 5.95. The van der Waals surface area contributed by atoms with Gasteiger partial charge in [0.1, 0.15) is 5.76 Å². The molecule has 9 nitrogen and oxygen atoms in total. The molecule has 1 aliphatic rings. The van der Waals surface area contributed by atoms with E-state index in [4.69, 9.17) is 8.94 Å². The van der Waals surface area contributed by atoms with Crippen LogP contribution in [0.3, 0.4) is 0 Å². The van der Waals surface area contributed by atoms with Crippen LogP contribution in [-0.2, 0) is 6.54 Å². The smallest absolute Gasteiger partial charge is 0.258 e. The third kappa shape index (κ3) is 3.42. The molecule has 1 aliphatic carbocycles. The lowest BCUT2D eigenvalue weighted by Gasteiger charge is -2.06. The SMILES string of the molecule is Cc1c(C(=O)NCc2ccco2)cnn1-c1cc(-c2nc(C3CC3)no2)ccn1. The summed E-state index contributed by atoms with van der Waals surface area (Å²) in [6.45, 7) is 2.13. The Kier molecular flexibility index (Phi) is 4.19. The lowest BCUT2D eigenvalue weighted by molar-refractivity contribution is 0.0947. The lowest BCUT2D eigenvalue weighted by Crippen LogP contribution is -2.23. The molecule has 4 aromatic heterocycles. The van der Waals surface area contributed by atoms with Crippen molar-refractivity contribution in [2.24, 2.45) is 0 Å². The number of nitrogens with zero attached hydrogens (tertiary/aromatic N) is 5. The maximum Gasteiger partial charge on any atom is 0.258 e. The predicted molar refractivity (Wildman–Crippen MR) is 101 cm³/mol. The van der Waals surface area contributed by atoms with E-state index in [1.165, 1.54) is 6.20 Å². The summed E-state index contributed by atoms with van der Waals surface area (Å²) < 4.78 is 12.2. The second-order valence-corrected chi connectivity index (χ2v) is 6.95. The number of hydrogen-bond acceptors (Lipinski definition) is 7. The van der Waals surface area contributed by atoms with Gasteiger partial charge in [0.05, 0.1) is 30.3 Å². The molecule has 1 saturated carbocycles. The van der Waals surface area contributed by atoms with Gasteiger partial charge >= 0.3 is 0 Å². The molecule has 4 aromatic rings. The molecule has 0 saturated heterocycles. The first-order chi connectivity index (χ1) is 14.2. The Labute approximate surface area is 165 Å². The van der Waals surface area contributed by atoms with Crippen LogP contribution in [-0.4, -0.2) is 30.8 Å². The largest absolute Gasteiger partial charge is 0.467 e. The van der Waals surface area contributed by atoms with E-state index in [-0.39, 0.29) is 5.91 Å². The Morgan fingerprint density at radius 2 is 2.24 bits per heavy atom. The number of amides is 1. The predicted octanol–water partition coefficient (Wildman–Crippen LogP) is 3.03. The van der Waals surface area contributed by atoms with Crippen LogP contribution >= 0.6 is 0 Å². The normalized spacial score (nSPS) is 13.6. The molecule has 1 fully saturated rings. The zero-order valence-electron chi connectivity index (χ0n) is 15.7. The summed E-state index contributed by atoms with van der Waals surface area (Å²) in [5.74, 6) is 2.65. The number of furan rings is 1. The minimum Gasteiger partial charge on any atom is -0.467 e. The fourth-order valence-electron chi connectivity index (χ4n) is 3.07. The highest BCUT2D eigenvalue weighted by atomic mass is 16.5. The van der Waals surface area contributed by atoms with Crippen molar-refractivity contribution < 1.29 is 13.7 Å². The van der Waals surface area contributed by atoms with Crippen LogP contribution in [0.1, 0.15) is 46.4 Å². The molecule has 0 aliphatic heterocycles. The van der Waals surface area contributed by atoms with Gasteiger partial charge in [-0.3, -0.25) is 4.79 Å². The van der Waals surface area contributed by atoms with Crippen LogP contribution in [0.4, 0.5) is 0 Å². The number of aromatic nitrogens is 5. The van der Waals surface area contributed by atoms with Crippen molar-refractivity contribution >= 4 is 5.91 Å². The van der Waals surface area contributed by atoms with E-state index in [9.17, 15) is 4.79 Å². The van der Waals surface area contributed by atoms with Crippen LogP contribution in [0.2, 0.25) is 0 Å². The molecule has 0 radical (unpaired) electrons. The van der Waals surface area contributed by atoms with E-state index < -0.39 is 0 Å². The van der Waals surface area contributed by atoms with E-state index >= 15 is 0 Å². The highest BCUT2D eigenvalue weighted by Crippen LogP contribution is 2.38. The van der Waals surface area contributed by atoms with Gasteiger partial charge in [-0.25, -0.2) is 9.67 Å². The molecule has 0 unspecified atom stereocenters. The minimum absolute atomic E-state index is 0.229. The van der Waals surface area contributed by atoms with Crippen molar-refractivity contribution in [1.29, 1.82) is 0 Å². The molecule has 9 heteroatoms. The minimum atomic E-state index is -0.229. The summed E-state index contributed by atoms with van der Waals surface area (Å²) in [7, 11) is 0. The lowest BCUT2D eigenvalue weighted by atomic mass is 10.2. The van der Waals surface area contributed by atoms with E-state index in [0.29, 0.717) is 41.2 Å². The van der Waals surface area contributed by atoms with Gasteiger partial charge in [-0.15, -0.1) is 0 Å². The van der Waals surface area contributed by atoms with Crippen molar-refractivity contribution in [2.75, 3.05) is 0 Å². The number of rotatable bonds is 6. The van der Waals surface area contributed by atoms with E-state index in [0.717, 1.165) is 24.2 Å². The van der Waals surface area contributed by atoms with Gasteiger partial charge in [0.25, 0.3) is 11.8 Å². The summed E-state index contributed by atoms with van der Waals surface area (Å²) in [4.78, 5) is 21.4. The van der Waals surface area contributed by atoms with Crippen molar-refractivity contribution in [3.8, 4) is 17.3 Å². The maximum absolute atomic E-state index is 12.5. The zero-order chi connectivity index (χ0) is 19.8. The molecule has 29 heavy (non-hydrogen) atoms. The molecule has 0 bridgehead atoms. The van der Waals surface area contributed by atoms with Gasteiger partial charge in [-0.1, -0.05) is 5.16 Å². The molecule has 1 N–H and O–H groups in total. The molecular weight excluding hydrogens is 372 g/mol. The van der Waals surface area contributed by atoms with Gasteiger partial charge in [0.15, 0.2) is 11.6 Å². The molecule has 0 spiro atoms. The second kappa shape index (κ2) is 7.01. The first kappa shape index (κ1) is 17.4. The fraction of sp³-hybridized carbons (Fsp3) is 0.250. The molecule has 0 aromatic carbocycles. The Balaban J connectivity index is 1.37. The van der Waals surface area contributed by atoms with Gasteiger partial charge < -0.3 is 14.3 Å². The second-order valence-electron chi connectivity index (χ2n) is 6.95. The van der Waals surface area contributed by atoms with Gasteiger partial charge in [0.2, 0.25) is 0 Å². The quantitative estimate of drug-likeness (QED) is 0.538. The summed E-state index contributed by atoms with van der Waals surface area (Å²) in [6, 6.07) is 7.21. The molecular formula is C20H18N6O3. The summed E-state index contributed by atoms with van der Waals surface area (Å²) in [5, 5.41) is 11.2. The number of carbonyl (C=O) groups is 1. The van der Waals surface area contributed by atoms with Gasteiger partial charge in [-0.05, 0) is 44.0 Å². The molecule has 1 amide bonds. The molecule has 5 rings (SSSR count). The first-order valence-corrected chi connectivity index (χ1v) is 9.34. The van der Waals surface area contributed by atoms with Crippen molar-refractivity contribution in [3.05, 3.63) is 65.8 Å². The molecule has 146 valence electrons. The third-order valence-electron chi connectivity index (χ3n) is 4.85. The van der Waals surface area contributed by atoms with Crippen molar-refractivity contribution in [2.45, 2.75) is 32.2 Å². The number of carbonyl (C=O) groups excluding carboxylic acids is 1. The van der Waals surface area contributed by atoms with E-state index in [1.807, 2.05) is 19.1 Å². The standard InChI is InChI=1S/C20H18N6O3/c1-12-16(19(27)22-10-15-3-2-8-28-15)11-23-26(12)17-9-14(6-7-21-17)20-24-18(25-29-20)13-4-5-13/h2-3,6-9,11,13H,4-5,10H2,1H3,(H,22,27). The van der Waals surface area contributed by atoms with Crippen molar-refractivity contribution in [1.82, 2.24) is 30.2 Å². The van der Waals surface area contributed by atoms with Crippen LogP contribution in [0.15, 0.2) is 51.9 Å². The van der Waals surface area contributed by atoms with Gasteiger partial charge in [-0.2, -0.15) is 10.1 Å². The molecule has 0 atom stereocenters. The average Bonchev–Trinajstić information content (AvgIpc) is 3.13. The average molecular weight is 390 g/mol. The number of pyridine rings is 1. The van der Waals surface area contributed by atoms with Gasteiger partial charge in [0, 0.05) is 17.7 Å². The monoisotopic (exact) mass is 390 g/mol.